The molecular formula is C31H47Cl2N3O4S2. The fraction of sp³-hybridized carbons (Fsp3) is 0.484. The van der Waals surface area contributed by atoms with E-state index >= 15 is 0 Å². The summed E-state index contributed by atoms with van der Waals surface area (Å²) in [4.78, 5) is 27.1. The number of rotatable bonds is 17. The molecular weight excluding hydrogens is 613 g/mol. The molecule has 2 N–H and O–H groups in total. The second-order valence-electron chi connectivity index (χ2n) is 10.0. The van der Waals surface area contributed by atoms with Gasteiger partial charge in [-0.3, -0.25) is 9.59 Å². The Bertz CT molecular complexity index is 1210. The summed E-state index contributed by atoms with van der Waals surface area (Å²) in [6.07, 6.45) is 5.34. The van der Waals surface area contributed by atoms with Crippen molar-refractivity contribution in [2.24, 2.45) is 11.8 Å². The third kappa shape index (κ3) is 16.0. The lowest BCUT2D eigenvalue weighted by Gasteiger charge is -2.23. The van der Waals surface area contributed by atoms with Gasteiger partial charge in [-0.1, -0.05) is 107 Å². The van der Waals surface area contributed by atoms with Crippen molar-refractivity contribution in [2.75, 3.05) is 25.9 Å². The number of hydrogen-bond acceptors (Lipinski definition) is 5. The summed E-state index contributed by atoms with van der Waals surface area (Å²) in [5.74, 6) is -0.887. The van der Waals surface area contributed by atoms with Gasteiger partial charge in [0.25, 0.3) is 5.91 Å². The summed E-state index contributed by atoms with van der Waals surface area (Å²) >= 11 is 13.3. The van der Waals surface area contributed by atoms with Crippen LogP contribution in [-0.2, 0) is 19.6 Å². The third-order valence-corrected chi connectivity index (χ3v) is 9.39. The minimum atomic E-state index is -3.64. The van der Waals surface area contributed by atoms with Crippen LogP contribution in [0.3, 0.4) is 0 Å². The van der Waals surface area contributed by atoms with Crippen LogP contribution in [0.1, 0.15) is 53.0 Å². The van der Waals surface area contributed by atoms with Crippen molar-refractivity contribution in [3.8, 4) is 0 Å². The van der Waals surface area contributed by atoms with Crippen LogP contribution in [0, 0.1) is 18.8 Å². The van der Waals surface area contributed by atoms with E-state index in [1.54, 1.807) is 0 Å². The van der Waals surface area contributed by atoms with Crippen molar-refractivity contribution in [1.29, 1.82) is 0 Å². The van der Waals surface area contributed by atoms with Crippen LogP contribution in [-0.4, -0.2) is 56.5 Å². The lowest BCUT2D eigenvalue weighted by atomic mass is 10.0. The molecule has 1 rings (SSSR count). The van der Waals surface area contributed by atoms with Crippen molar-refractivity contribution in [2.45, 2.75) is 65.3 Å². The molecule has 0 saturated carbocycles. The zero-order chi connectivity index (χ0) is 32.5. The molecule has 2 amide bonds. The number of halogens is 2. The van der Waals surface area contributed by atoms with E-state index in [2.05, 4.69) is 23.8 Å². The minimum absolute atomic E-state index is 0.0143. The van der Waals surface area contributed by atoms with E-state index in [1.807, 2.05) is 65.8 Å². The zero-order valence-corrected chi connectivity index (χ0v) is 29.0. The Labute approximate surface area is 267 Å². The maximum atomic E-state index is 13.0. The van der Waals surface area contributed by atoms with E-state index < -0.39 is 16.1 Å². The fourth-order valence-corrected chi connectivity index (χ4v) is 6.11. The molecule has 11 heteroatoms. The highest BCUT2D eigenvalue weighted by atomic mass is 35.5. The fourth-order valence-electron chi connectivity index (χ4n) is 3.47. The summed E-state index contributed by atoms with van der Waals surface area (Å²) in [7, 11) is -2.16. The normalized spacial score (nSPS) is 13.6. The predicted molar refractivity (Wildman–Crippen MR) is 180 cm³/mol. The highest BCUT2D eigenvalue weighted by Crippen LogP contribution is 2.28. The van der Waals surface area contributed by atoms with E-state index in [4.69, 9.17) is 23.2 Å². The largest absolute Gasteiger partial charge is 0.354 e. The zero-order valence-electron chi connectivity index (χ0n) is 25.9. The number of carbonyl (C=O) groups is 2. The number of nitrogens with zero attached hydrogens (tertiary/aromatic N) is 1. The lowest BCUT2D eigenvalue weighted by Crippen LogP contribution is -2.48. The molecule has 2 unspecified atom stereocenters. The van der Waals surface area contributed by atoms with Crippen LogP contribution in [0.2, 0.25) is 0 Å². The van der Waals surface area contributed by atoms with Crippen molar-refractivity contribution in [3.05, 3.63) is 76.2 Å². The van der Waals surface area contributed by atoms with Gasteiger partial charge < -0.3 is 10.6 Å². The van der Waals surface area contributed by atoms with Gasteiger partial charge in [0.05, 0.1) is 4.91 Å². The molecule has 0 heterocycles. The maximum absolute atomic E-state index is 13.0. The van der Waals surface area contributed by atoms with Gasteiger partial charge in [0, 0.05) is 35.1 Å². The molecule has 0 bridgehead atoms. The molecule has 0 fully saturated rings. The molecule has 1 aromatic rings. The second-order valence-corrected chi connectivity index (χ2v) is 14.2. The summed E-state index contributed by atoms with van der Waals surface area (Å²) < 4.78 is 26.5. The van der Waals surface area contributed by atoms with E-state index in [9.17, 15) is 18.0 Å². The number of carbonyl (C=O) groups excluding carboxylic acids is 2. The molecule has 0 aromatic heterocycles. The number of sulfonamides is 1. The van der Waals surface area contributed by atoms with Gasteiger partial charge in [-0.25, -0.2) is 12.7 Å². The summed E-state index contributed by atoms with van der Waals surface area (Å²) in [6, 6.07) is 6.99. The predicted octanol–water partition coefficient (Wildman–Crippen LogP) is 6.99. The van der Waals surface area contributed by atoms with Crippen LogP contribution >= 0.6 is 35.0 Å². The Morgan fingerprint density at radius 2 is 1.76 bits per heavy atom. The van der Waals surface area contributed by atoms with Gasteiger partial charge in [-0.05, 0) is 55.4 Å². The molecule has 0 aliphatic rings. The van der Waals surface area contributed by atoms with Crippen molar-refractivity contribution in [3.63, 3.8) is 0 Å². The van der Waals surface area contributed by atoms with E-state index in [0.717, 1.165) is 10.5 Å². The van der Waals surface area contributed by atoms with Gasteiger partial charge >= 0.3 is 0 Å². The van der Waals surface area contributed by atoms with Crippen LogP contribution in [0.4, 0.5) is 0 Å². The van der Waals surface area contributed by atoms with Gasteiger partial charge in [-0.2, -0.15) is 0 Å². The highest BCUT2D eigenvalue weighted by Gasteiger charge is 2.24. The molecule has 1 aromatic carbocycles. The molecule has 236 valence electrons. The van der Waals surface area contributed by atoms with Crippen LogP contribution in [0.15, 0.2) is 75.5 Å². The number of aryl methyl sites for hydroxylation is 1. The molecule has 0 saturated heterocycles. The smallest absolute Gasteiger partial charge is 0.258 e. The van der Waals surface area contributed by atoms with Gasteiger partial charge in [-0.15, -0.1) is 0 Å². The first-order valence-electron chi connectivity index (χ1n) is 14.0. The maximum Gasteiger partial charge on any atom is 0.258 e. The number of benzene rings is 1. The lowest BCUT2D eigenvalue weighted by molar-refractivity contribution is -0.127. The quantitative estimate of drug-likeness (QED) is 0.107. The van der Waals surface area contributed by atoms with Gasteiger partial charge in [0.1, 0.15) is 11.8 Å². The van der Waals surface area contributed by atoms with E-state index in [0.29, 0.717) is 24.3 Å². The van der Waals surface area contributed by atoms with Crippen molar-refractivity contribution >= 4 is 56.8 Å². The second kappa shape index (κ2) is 20.8. The SMILES string of the molecule is C=C/C=C(Cl)\C=C(\Cl)CS(=O)(=O)N(C)CCC(C)CNC(=O)C(CC(C)C)NC(=O)C(=C)Sc1ccccc1C.CC. The molecule has 42 heavy (non-hydrogen) atoms. The number of amides is 2. The number of thioether (sulfide) groups is 1. The molecule has 0 aliphatic carbocycles. The number of nitrogens with one attached hydrogen (secondary N) is 2. The van der Waals surface area contributed by atoms with Gasteiger partial charge in [0.15, 0.2) is 0 Å². The molecule has 7 nitrogen and oxygen atoms in total. The first-order chi connectivity index (χ1) is 19.7. The van der Waals surface area contributed by atoms with Crippen LogP contribution in [0.25, 0.3) is 0 Å². The summed E-state index contributed by atoms with van der Waals surface area (Å²) in [6.45, 7) is 19.8. The average molecular weight is 661 g/mol. The first-order valence-corrected chi connectivity index (χ1v) is 17.1. The first kappa shape index (κ1) is 40.0. The Balaban J connectivity index is 0.00000821. The number of hydrogen-bond donors (Lipinski definition) is 2. The number of allylic oxidation sites excluding steroid dienone is 4. The minimum Gasteiger partial charge on any atom is -0.354 e. The van der Waals surface area contributed by atoms with Crippen molar-refractivity contribution < 1.29 is 18.0 Å². The standard InChI is InChI=1S/C29H41Cl2N3O4S2.C2H6/c1-8-11-24(30)17-25(31)19-40(37,38)34(7)15-14-21(4)18-32-29(36)26(16-20(2)3)33-28(35)23(6)39-27-13-10-9-12-22(27)5;1-2/h8-13,17,20-21,26H,1,6,14-16,18-19H2,2-5,7H3,(H,32,36)(H,33,35);1-2H3/b24-11+,25-17+;. The highest BCUT2D eigenvalue weighted by molar-refractivity contribution is 8.04. The van der Waals surface area contributed by atoms with Crippen LogP contribution in [0.5, 0.6) is 0 Å². The summed E-state index contributed by atoms with van der Waals surface area (Å²) in [5.41, 5.74) is 1.04. The average Bonchev–Trinajstić information content (AvgIpc) is 2.91. The Hall–Kier alpha value is -2.04. The topological polar surface area (TPSA) is 95.6 Å². The van der Waals surface area contributed by atoms with Gasteiger partial charge in [0.2, 0.25) is 15.9 Å². The van der Waals surface area contributed by atoms with E-state index in [1.165, 1.54) is 41.3 Å². The third-order valence-electron chi connectivity index (χ3n) is 5.84. The Morgan fingerprint density at radius 1 is 1.14 bits per heavy atom. The summed E-state index contributed by atoms with van der Waals surface area (Å²) in [5, 5.41) is 6.10. The van der Waals surface area contributed by atoms with Crippen molar-refractivity contribution in [1.82, 2.24) is 14.9 Å². The van der Waals surface area contributed by atoms with Crippen LogP contribution < -0.4 is 10.6 Å². The molecule has 0 radical (unpaired) electrons. The Kier molecular flexibility index (Phi) is 19.8. The monoisotopic (exact) mass is 659 g/mol. The molecule has 2 atom stereocenters. The van der Waals surface area contributed by atoms with E-state index in [-0.39, 0.29) is 46.0 Å². The molecule has 0 spiro atoms. The Morgan fingerprint density at radius 3 is 2.33 bits per heavy atom. The molecule has 0 aliphatic heterocycles.